The normalized spacial score (nSPS) is 15.1. The van der Waals surface area contributed by atoms with Crippen molar-refractivity contribution in [2.24, 2.45) is 0 Å². The van der Waals surface area contributed by atoms with Crippen LogP contribution in [-0.2, 0) is 0 Å². The van der Waals surface area contributed by atoms with E-state index in [1.54, 1.807) is 0 Å². The van der Waals surface area contributed by atoms with E-state index in [2.05, 4.69) is 108 Å². The molecule has 1 aromatic rings. The zero-order chi connectivity index (χ0) is 19.1. The molecule has 0 atom stereocenters. The number of rotatable bonds is 4. The van der Waals surface area contributed by atoms with Crippen LogP contribution in [0.4, 0.5) is 5.69 Å². The lowest BCUT2D eigenvalue weighted by Crippen LogP contribution is -2.44. The van der Waals surface area contributed by atoms with Gasteiger partial charge < -0.3 is 0 Å². The number of anilines is 1. The molecule has 0 aliphatic heterocycles. The minimum atomic E-state index is -1.02. The van der Waals surface area contributed by atoms with Gasteiger partial charge in [-0.15, -0.1) is 0 Å². The van der Waals surface area contributed by atoms with Gasteiger partial charge in [0.05, 0.1) is 5.69 Å². The Labute approximate surface area is 154 Å². The van der Waals surface area contributed by atoms with E-state index in [0.29, 0.717) is 0 Å². The zero-order valence-electron chi connectivity index (χ0n) is 17.8. The van der Waals surface area contributed by atoms with Crippen LogP contribution < -0.4 is 3.71 Å². The molecule has 0 aromatic heterocycles. The summed E-state index contributed by atoms with van der Waals surface area (Å²) in [5.41, 5.74) is 3.70. The van der Waals surface area contributed by atoms with Crippen molar-refractivity contribution >= 4 is 31.7 Å². The van der Waals surface area contributed by atoms with E-state index in [4.69, 9.17) is 0 Å². The fraction of sp³-hybridized carbons (Fsp3) is 0.619. The third-order valence-electron chi connectivity index (χ3n) is 5.40. The van der Waals surface area contributed by atoms with Gasteiger partial charge in [-0.1, -0.05) is 65.8 Å². The van der Waals surface area contributed by atoms with Crippen molar-refractivity contribution in [2.75, 3.05) is 28.7 Å². The van der Waals surface area contributed by atoms with Crippen LogP contribution in [0.3, 0.4) is 0 Å². The highest BCUT2D eigenvalue weighted by Crippen LogP contribution is 2.71. The van der Waals surface area contributed by atoms with Crippen LogP contribution in [-0.4, -0.2) is 34.5 Å². The molecule has 3 heteroatoms. The first-order valence-electron chi connectivity index (χ1n) is 8.55. The highest BCUT2D eigenvalue weighted by atomic mass is 32.3. The molecule has 1 nitrogen and oxygen atoms in total. The Morgan fingerprint density at radius 2 is 1.12 bits per heavy atom. The lowest BCUT2D eigenvalue weighted by atomic mass is 10.1. The van der Waals surface area contributed by atoms with Crippen molar-refractivity contribution < 1.29 is 0 Å². The predicted molar refractivity (Wildman–Crippen MR) is 122 cm³/mol. The number of nitrogens with zero attached hydrogens (tertiary/aromatic N) is 1. The second kappa shape index (κ2) is 6.64. The molecule has 0 aliphatic carbocycles. The summed E-state index contributed by atoms with van der Waals surface area (Å²) in [5.74, 6) is 0. The molecule has 0 heterocycles. The van der Waals surface area contributed by atoms with E-state index in [1.807, 2.05) is 0 Å². The maximum atomic E-state index is 4.07. The first-order valence-corrected chi connectivity index (χ1v) is 13.4. The van der Waals surface area contributed by atoms with E-state index >= 15 is 0 Å². The first-order chi connectivity index (χ1) is 10.5. The second-order valence-corrected chi connectivity index (χ2v) is 17.9. The largest absolute Gasteiger partial charge is 0.297 e. The van der Waals surface area contributed by atoms with E-state index in [-0.39, 0.29) is 9.49 Å². The Balaban J connectivity index is 3.59. The lowest BCUT2D eigenvalue weighted by molar-refractivity contribution is 0.778. The van der Waals surface area contributed by atoms with Crippen LogP contribution in [0.25, 0.3) is 5.57 Å². The molecular formula is C21H39NS2. The average Bonchev–Trinajstić information content (AvgIpc) is 2.36. The standard InChI is InChI=1S/C21H39NS2/c1-17(2)18-13-15-19(16-14-18)22(23(9,10)20(3,4)5)24(11,12)21(6,7)8/h13-16H,1H2,2-12H3. The molecule has 0 radical (unpaired) electrons. The molecule has 0 unspecified atom stereocenters. The van der Waals surface area contributed by atoms with E-state index < -0.39 is 20.4 Å². The molecule has 0 bridgehead atoms. The van der Waals surface area contributed by atoms with E-state index in [0.717, 1.165) is 5.57 Å². The smallest absolute Gasteiger partial charge is 0.0558 e. The second-order valence-electron chi connectivity index (χ2n) is 9.35. The first kappa shape index (κ1) is 21.5. The molecule has 24 heavy (non-hydrogen) atoms. The molecule has 0 amide bonds. The van der Waals surface area contributed by atoms with Crippen LogP contribution >= 0.6 is 20.4 Å². The number of benzene rings is 1. The van der Waals surface area contributed by atoms with Crippen molar-refractivity contribution in [1.29, 1.82) is 0 Å². The quantitative estimate of drug-likeness (QED) is 0.548. The van der Waals surface area contributed by atoms with Crippen LogP contribution in [0, 0.1) is 0 Å². The average molecular weight is 370 g/mol. The van der Waals surface area contributed by atoms with Gasteiger partial charge in [0.25, 0.3) is 0 Å². The molecule has 0 aliphatic rings. The van der Waals surface area contributed by atoms with Gasteiger partial charge in [0.15, 0.2) is 0 Å². The Hall–Kier alpha value is -0.540. The topological polar surface area (TPSA) is 3.24 Å². The minimum absolute atomic E-state index is 0.246. The fourth-order valence-corrected chi connectivity index (χ4v) is 9.72. The summed E-state index contributed by atoms with van der Waals surface area (Å²) < 4.78 is 3.29. The van der Waals surface area contributed by atoms with Crippen LogP contribution in [0.5, 0.6) is 0 Å². The van der Waals surface area contributed by atoms with Crippen LogP contribution in [0.1, 0.15) is 54.0 Å². The van der Waals surface area contributed by atoms with Gasteiger partial charge in [0, 0.05) is 9.49 Å². The Kier molecular flexibility index (Phi) is 5.95. The van der Waals surface area contributed by atoms with Crippen molar-refractivity contribution in [3.05, 3.63) is 36.4 Å². The van der Waals surface area contributed by atoms with E-state index in [9.17, 15) is 0 Å². The zero-order valence-corrected chi connectivity index (χ0v) is 19.4. The fourth-order valence-electron chi connectivity index (χ4n) is 2.36. The molecule has 0 saturated carbocycles. The SMILES string of the molecule is C=C(C)c1ccc(N(S(C)(C)C(C)(C)C)S(C)(C)C(C)(C)C)cc1. The van der Waals surface area contributed by atoms with Gasteiger partial charge >= 0.3 is 0 Å². The Bertz CT molecular complexity index is 558. The highest BCUT2D eigenvalue weighted by molar-refractivity contribution is 8.50. The maximum absolute atomic E-state index is 4.07. The molecule has 0 fully saturated rings. The van der Waals surface area contributed by atoms with Crippen molar-refractivity contribution in [3.8, 4) is 0 Å². The Morgan fingerprint density at radius 3 is 1.38 bits per heavy atom. The summed E-state index contributed by atoms with van der Waals surface area (Å²) >= 11 is 0. The van der Waals surface area contributed by atoms with Gasteiger partial charge in [0.1, 0.15) is 0 Å². The summed E-state index contributed by atoms with van der Waals surface area (Å²) in [5, 5.41) is 0. The van der Waals surface area contributed by atoms with Gasteiger partial charge in [0.2, 0.25) is 0 Å². The lowest BCUT2D eigenvalue weighted by Gasteiger charge is -2.65. The highest BCUT2D eigenvalue weighted by Gasteiger charge is 2.44. The summed E-state index contributed by atoms with van der Waals surface area (Å²) in [7, 11) is -2.04. The van der Waals surface area contributed by atoms with Gasteiger partial charge in [-0.3, -0.25) is 3.71 Å². The third kappa shape index (κ3) is 3.99. The summed E-state index contributed by atoms with van der Waals surface area (Å²) in [6, 6.07) is 9.04. The van der Waals surface area contributed by atoms with Crippen molar-refractivity contribution in [1.82, 2.24) is 0 Å². The van der Waals surface area contributed by atoms with Gasteiger partial charge in [-0.05, 0) is 49.6 Å². The summed E-state index contributed by atoms with van der Waals surface area (Å²) in [6.45, 7) is 20.5. The summed E-state index contributed by atoms with van der Waals surface area (Å²) in [6.07, 6.45) is 9.89. The molecule has 0 N–H and O–H groups in total. The molecule has 140 valence electrons. The molecule has 0 spiro atoms. The van der Waals surface area contributed by atoms with Gasteiger partial charge in [-0.25, -0.2) is 0 Å². The van der Waals surface area contributed by atoms with Crippen molar-refractivity contribution in [2.45, 2.75) is 58.0 Å². The molecule has 0 saturated heterocycles. The monoisotopic (exact) mass is 369 g/mol. The maximum Gasteiger partial charge on any atom is 0.0558 e. The predicted octanol–water partition coefficient (Wildman–Crippen LogP) is 7.08. The molecule has 1 rings (SSSR count). The third-order valence-corrected chi connectivity index (χ3v) is 15.7. The van der Waals surface area contributed by atoms with Crippen LogP contribution in [0.2, 0.25) is 0 Å². The number of allylic oxidation sites excluding steroid dienone is 1. The number of hydrogen-bond acceptors (Lipinski definition) is 1. The van der Waals surface area contributed by atoms with Gasteiger partial charge in [-0.2, -0.15) is 20.4 Å². The summed E-state index contributed by atoms with van der Waals surface area (Å²) in [4.78, 5) is 0. The number of hydrogen-bond donors (Lipinski definition) is 0. The Morgan fingerprint density at radius 1 is 0.792 bits per heavy atom. The van der Waals surface area contributed by atoms with Crippen LogP contribution in [0.15, 0.2) is 30.8 Å². The minimum Gasteiger partial charge on any atom is -0.297 e. The van der Waals surface area contributed by atoms with E-state index in [1.165, 1.54) is 11.3 Å². The molecule has 1 aromatic carbocycles. The molecular weight excluding hydrogens is 330 g/mol. The van der Waals surface area contributed by atoms with Crippen molar-refractivity contribution in [3.63, 3.8) is 0 Å².